The molecular formula is C26H29FN6O7. The molecule has 0 bridgehead atoms. The minimum atomic E-state index is -1.07. The summed E-state index contributed by atoms with van der Waals surface area (Å²) in [7, 11) is 4.29. The Labute approximate surface area is 229 Å². The van der Waals surface area contributed by atoms with Gasteiger partial charge in [0.05, 0.1) is 39.3 Å². The molecule has 1 aliphatic heterocycles. The number of fused-ring (bicyclic) bond motifs is 1. The van der Waals surface area contributed by atoms with E-state index in [4.69, 9.17) is 23.7 Å². The molecule has 14 heteroatoms. The summed E-state index contributed by atoms with van der Waals surface area (Å²) < 4.78 is 42.2. The van der Waals surface area contributed by atoms with Crippen molar-refractivity contribution in [3.05, 3.63) is 36.3 Å². The van der Waals surface area contributed by atoms with Crippen molar-refractivity contribution in [1.29, 1.82) is 0 Å². The van der Waals surface area contributed by atoms with E-state index in [2.05, 4.69) is 25.6 Å². The van der Waals surface area contributed by atoms with E-state index in [9.17, 15) is 14.0 Å². The predicted molar refractivity (Wildman–Crippen MR) is 143 cm³/mol. The number of ether oxygens (including phenoxy) is 5. The van der Waals surface area contributed by atoms with Crippen LogP contribution in [-0.2, 0) is 9.53 Å². The Hall–Kier alpha value is -4.88. The zero-order chi connectivity index (χ0) is 29.2. The fraction of sp³-hybridized carbons (Fsp3) is 0.346. The van der Waals surface area contributed by atoms with Gasteiger partial charge in [-0.25, -0.2) is 24.1 Å². The first-order chi connectivity index (χ1) is 19.0. The molecule has 3 aromatic rings. The second kappa shape index (κ2) is 11.1. The molecule has 0 aliphatic carbocycles. The third kappa shape index (κ3) is 5.60. The summed E-state index contributed by atoms with van der Waals surface area (Å²) in [6.07, 6.45) is -0.433. The quantitative estimate of drug-likeness (QED) is 0.402. The lowest BCUT2D eigenvalue weighted by molar-refractivity contribution is -0.129. The van der Waals surface area contributed by atoms with Crippen molar-refractivity contribution in [2.45, 2.75) is 39.4 Å². The zero-order valence-electron chi connectivity index (χ0n) is 23.0. The zero-order valence-corrected chi connectivity index (χ0v) is 23.0. The lowest BCUT2D eigenvalue weighted by atomic mass is 10.1. The summed E-state index contributed by atoms with van der Waals surface area (Å²) >= 11 is 0. The monoisotopic (exact) mass is 556 g/mol. The molecule has 0 radical (unpaired) electrons. The van der Waals surface area contributed by atoms with Crippen LogP contribution < -0.4 is 34.5 Å². The SMILES string of the molecule is COc1cc(N(C(=O)OC(C)C)c2ncc(F)c(Nc3ccc4c(n3)NC(=O)C(C)(C)O4)n2)cc(OC)c1OC. The first-order valence-corrected chi connectivity index (χ1v) is 12.1. The Bertz CT molecular complexity index is 1420. The number of carbonyl (C=O) groups excluding carboxylic acids is 2. The lowest BCUT2D eigenvalue weighted by Crippen LogP contribution is -2.46. The number of carbonyl (C=O) groups is 2. The summed E-state index contributed by atoms with van der Waals surface area (Å²) in [5, 5.41) is 5.42. The van der Waals surface area contributed by atoms with Gasteiger partial charge in [-0.2, -0.15) is 4.98 Å². The van der Waals surface area contributed by atoms with Gasteiger partial charge < -0.3 is 34.3 Å². The molecule has 3 heterocycles. The maximum absolute atomic E-state index is 14.9. The van der Waals surface area contributed by atoms with Crippen molar-refractivity contribution >= 4 is 41.1 Å². The number of halogens is 1. The van der Waals surface area contributed by atoms with E-state index in [1.54, 1.807) is 33.8 Å². The van der Waals surface area contributed by atoms with Crippen molar-refractivity contribution in [3.8, 4) is 23.0 Å². The molecule has 1 aliphatic rings. The number of methoxy groups -OCH3 is 3. The molecule has 13 nitrogen and oxygen atoms in total. The summed E-state index contributed by atoms with van der Waals surface area (Å²) in [5.41, 5.74) is -0.870. The molecule has 1 aromatic carbocycles. The Morgan fingerprint density at radius 3 is 2.38 bits per heavy atom. The highest BCUT2D eigenvalue weighted by Crippen LogP contribution is 2.42. The van der Waals surface area contributed by atoms with E-state index in [0.29, 0.717) is 11.5 Å². The number of nitrogens with zero attached hydrogens (tertiary/aromatic N) is 4. The minimum Gasteiger partial charge on any atom is -0.493 e. The van der Waals surface area contributed by atoms with Crippen molar-refractivity contribution in [2.75, 3.05) is 36.9 Å². The van der Waals surface area contributed by atoms with Gasteiger partial charge in [0, 0.05) is 12.1 Å². The van der Waals surface area contributed by atoms with Crippen molar-refractivity contribution in [3.63, 3.8) is 0 Å². The first kappa shape index (κ1) is 28.1. The number of pyridine rings is 1. The second-order valence-electron chi connectivity index (χ2n) is 9.25. The van der Waals surface area contributed by atoms with E-state index < -0.39 is 23.6 Å². The van der Waals surface area contributed by atoms with Crippen LogP contribution in [0.2, 0.25) is 0 Å². The fourth-order valence-electron chi connectivity index (χ4n) is 3.69. The summed E-state index contributed by atoms with van der Waals surface area (Å²) in [6.45, 7) is 6.60. The molecule has 0 saturated heterocycles. The number of hydrogen-bond donors (Lipinski definition) is 2. The first-order valence-electron chi connectivity index (χ1n) is 12.1. The second-order valence-corrected chi connectivity index (χ2v) is 9.25. The van der Waals surface area contributed by atoms with Gasteiger partial charge in [-0.15, -0.1) is 0 Å². The number of anilines is 5. The van der Waals surface area contributed by atoms with Crippen LogP contribution in [-0.4, -0.2) is 60.0 Å². The fourth-order valence-corrected chi connectivity index (χ4v) is 3.69. The van der Waals surface area contributed by atoms with Crippen molar-refractivity contribution in [2.24, 2.45) is 0 Å². The minimum absolute atomic E-state index is 0.148. The van der Waals surface area contributed by atoms with Crippen LogP contribution in [0, 0.1) is 5.82 Å². The average Bonchev–Trinajstić information content (AvgIpc) is 2.90. The molecular weight excluding hydrogens is 527 g/mol. The molecule has 0 spiro atoms. The third-order valence-electron chi connectivity index (χ3n) is 5.61. The third-order valence-corrected chi connectivity index (χ3v) is 5.61. The molecule has 0 fully saturated rings. The number of benzene rings is 1. The molecule has 2 aromatic heterocycles. The molecule has 2 N–H and O–H groups in total. The van der Waals surface area contributed by atoms with Crippen LogP contribution in [0.3, 0.4) is 0 Å². The van der Waals surface area contributed by atoms with Crippen molar-refractivity contribution < 1.29 is 37.7 Å². The van der Waals surface area contributed by atoms with Gasteiger partial charge in [-0.3, -0.25) is 4.79 Å². The van der Waals surface area contributed by atoms with Crippen LogP contribution in [0.1, 0.15) is 27.7 Å². The van der Waals surface area contributed by atoms with E-state index in [-0.39, 0.29) is 46.5 Å². The average molecular weight is 557 g/mol. The van der Waals surface area contributed by atoms with Crippen LogP contribution in [0.15, 0.2) is 30.5 Å². The highest BCUT2D eigenvalue weighted by atomic mass is 19.1. The molecule has 40 heavy (non-hydrogen) atoms. The van der Waals surface area contributed by atoms with Gasteiger partial charge >= 0.3 is 6.09 Å². The van der Waals surface area contributed by atoms with E-state index >= 15 is 0 Å². The molecule has 0 saturated carbocycles. The van der Waals surface area contributed by atoms with Gasteiger partial charge in [-0.1, -0.05) is 0 Å². The number of aromatic nitrogens is 3. The largest absolute Gasteiger partial charge is 0.493 e. The Balaban J connectivity index is 1.75. The Kier molecular flexibility index (Phi) is 7.79. The molecule has 2 amide bonds. The number of rotatable bonds is 8. The predicted octanol–water partition coefficient (Wildman–Crippen LogP) is 4.57. The van der Waals surface area contributed by atoms with Crippen LogP contribution in [0.5, 0.6) is 23.0 Å². The van der Waals surface area contributed by atoms with Gasteiger partial charge in [0.25, 0.3) is 5.91 Å². The van der Waals surface area contributed by atoms with Crippen LogP contribution in [0.25, 0.3) is 0 Å². The Morgan fingerprint density at radius 1 is 1.10 bits per heavy atom. The van der Waals surface area contributed by atoms with E-state index in [1.807, 2.05) is 0 Å². The molecule has 0 atom stereocenters. The summed E-state index contributed by atoms with van der Waals surface area (Å²) in [4.78, 5) is 39.1. The smallest absolute Gasteiger partial charge is 0.421 e. The van der Waals surface area contributed by atoms with E-state index in [0.717, 1.165) is 11.1 Å². The summed E-state index contributed by atoms with van der Waals surface area (Å²) in [5.74, 6) is -0.267. The molecule has 212 valence electrons. The molecule has 4 rings (SSSR count). The maximum atomic E-state index is 14.9. The number of nitrogens with one attached hydrogen (secondary N) is 2. The van der Waals surface area contributed by atoms with Gasteiger partial charge in [0.2, 0.25) is 11.7 Å². The number of hydrogen-bond acceptors (Lipinski definition) is 11. The van der Waals surface area contributed by atoms with Gasteiger partial charge in [-0.05, 0) is 39.8 Å². The molecule has 0 unspecified atom stereocenters. The van der Waals surface area contributed by atoms with Crippen LogP contribution >= 0.6 is 0 Å². The van der Waals surface area contributed by atoms with Gasteiger partial charge in [0.15, 0.2) is 40.3 Å². The lowest BCUT2D eigenvalue weighted by Gasteiger charge is -2.30. The van der Waals surface area contributed by atoms with Crippen LogP contribution in [0.4, 0.5) is 38.3 Å². The highest BCUT2D eigenvalue weighted by Gasteiger charge is 2.36. The topological polar surface area (TPSA) is 146 Å². The van der Waals surface area contributed by atoms with Gasteiger partial charge in [0.1, 0.15) is 5.82 Å². The normalized spacial score (nSPS) is 13.5. The standard InChI is InChI=1S/C26H29FN6O7/c1-13(2)39-25(35)33(14-10-17(36-5)20(38-7)18(11-14)37-6)24-28-12-15(27)21(32-24)29-19-9-8-16-22(30-19)31-23(34)26(3,4)40-16/h8-13H,1-7H3,(H2,28,29,30,31,32,34). The van der Waals surface area contributed by atoms with E-state index in [1.165, 1.54) is 39.5 Å². The number of amides is 2. The summed E-state index contributed by atoms with van der Waals surface area (Å²) in [6, 6.07) is 6.10. The Morgan fingerprint density at radius 2 is 1.77 bits per heavy atom. The maximum Gasteiger partial charge on any atom is 0.421 e. The highest BCUT2D eigenvalue weighted by molar-refractivity contribution is 5.99. The van der Waals surface area contributed by atoms with Crippen molar-refractivity contribution in [1.82, 2.24) is 15.0 Å².